The van der Waals surface area contributed by atoms with Gasteiger partial charge in [0, 0.05) is 62.9 Å². The standard InChI is InChI=1S/C20H28N4O3/c1-21-20-22-10-15(11-23-20)12-24(14-18-5-4-8-27-18)13-16-6-7-17(25-2)9-19(16)26-3/h6-7,9-11,18H,4-5,8,12-14H2,1-3H3,(H,21,22,23)/t18-/m0/s1. The number of nitrogens with one attached hydrogen (secondary N) is 1. The Labute approximate surface area is 160 Å². The van der Waals surface area contributed by atoms with E-state index in [-0.39, 0.29) is 6.10 Å². The zero-order valence-corrected chi connectivity index (χ0v) is 16.3. The van der Waals surface area contributed by atoms with Crippen molar-refractivity contribution in [2.75, 3.05) is 39.7 Å². The molecule has 1 aliphatic rings. The van der Waals surface area contributed by atoms with Crippen molar-refractivity contribution in [1.82, 2.24) is 14.9 Å². The number of hydrogen-bond donors (Lipinski definition) is 1. The number of hydrogen-bond acceptors (Lipinski definition) is 7. The normalized spacial score (nSPS) is 16.5. The minimum absolute atomic E-state index is 0.270. The Kier molecular flexibility index (Phi) is 6.84. The van der Waals surface area contributed by atoms with Crippen LogP contribution < -0.4 is 14.8 Å². The average Bonchev–Trinajstić information content (AvgIpc) is 3.22. The van der Waals surface area contributed by atoms with Gasteiger partial charge < -0.3 is 19.5 Å². The van der Waals surface area contributed by atoms with Gasteiger partial charge >= 0.3 is 0 Å². The third kappa shape index (κ3) is 5.30. The molecule has 0 unspecified atom stereocenters. The first kappa shape index (κ1) is 19.4. The molecule has 0 bridgehead atoms. The van der Waals surface area contributed by atoms with Gasteiger partial charge in [-0.1, -0.05) is 6.07 Å². The fraction of sp³-hybridized carbons (Fsp3) is 0.500. The van der Waals surface area contributed by atoms with Crippen LogP contribution in [-0.4, -0.2) is 55.4 Å². The van der Waals surface area contributed by atoms with E-state index < -0.39 is 0 Å². The maximum absolute atomic E-state index is 5.85. The van der Waals surface area contributed by atoms with Crippen LogP contribution >= 0.6 is 0 Å². The van der Waals surface area contributed by atoms with Gasteiger partial charge in [-0.25, -0.2) is 9.97 Å². The molecule has 7 heteroatoms. The Morgan fingerprint density at radius 2 is 2.00 bits per heavy atom. The smallest absolute Gasteiger partial charge is 0.222 e. The van der Waals surface area contributed by atoms with Crippen LogP contribution in [0.2, 0.25) is 0 Å². The van der Waals surface area contributed by atoms with Crippen LogP contribution in [0.4, 0.5) is 5.95 Å². The molecule has 1 N–H and O–H groups in total. The molecule has 1 aliphatic heterocycles. The van der Waals surface area contributed by atoms with Gasteiger partial charge in [0.15, 0.2) is 0 Å². The summed E-state index contributed by atoms with van der Waals surface area (Å²) in [6.07, 6.45) is 6.24. The fourth-order valence-electron chi connectivity index (χ4n) is 3.31. The largest absolute Gasteiger partial charge is 0.497 e. The summed E-state index contributed by atoms with van der Waals surface area (Å²) in [4.78, 5) is 11.0. The summed E-state index contributed by atoms with van der Waals surface area (Å²) in [5.74, 6) is 2.24. The lowest BCUT2D eigenvalue weighted by Crippen LogP contribution is -2.31. The Bertz CT molecular complexity index is 718. The molecule has 3 rings (SSSR count). The first-order valence-electron chi connectivity index (χ1n) is 9.25. The highest BCUT2D eigenvalue weighted by Crippen LogP contribution is 2.27. The number of nitrogens with zero attached hydrogens (tertiary/aromatic N) is 3. The molecule has 146 valence electrons. The summed E-state index contributed by atoms with van der Waals surface area (Å²) in [5.41, 5.74) is 2.18. The Morgan fingerprint density at radius 1 is 1.19 bits per heavy atom. The van der Waals surface area contributed by atoms with E-state index in [9.17, 15) is 0 Å². The highest BCUT2D eigenvalue weighted by molar-refractivity contribution is 5.40. The summed E-state index contributed by atoms with van der Waals surface area (Å²) in [6, 6.07) is 5.94. The van der Waals surface area contributed by atoms with Crippen molar-refractivity contribution in [3.8, 4) is 11.5 Å². The van der Waals surface area contributed by atoms with Crippen molar-refractivity contribution in [1.29, 1.82) is 0 Å². The van der Waals surface area contributed by atoms with Crippen molar-refractivity contribution in [3.63, 3.8) is 0 Å². The van der Waals surface area contributed by atoms with Gasteiger partial charge in [0.1, 0.15) is 11.5 Å². The highest BCUT2D eigenvalue weighted by Gasteiger charge is 2.21. The summed E-state index contributed by atoms with van der Waals surface area (Å²) in [5, 5.41) is 2.95. The lowest BCUT2D eigenvalue weighted by atomic mass is 10.1. The van der Waals surface area contributed by atoms with Gasteiger partial charge in [-0.05, 0) is 18.9 Å². The van der Waals surface area contributed by atoms with E-state index in [0.29, 0.717) is 5.95 Å². The van der Waals surface area contributed by atoms with Gasteiger partial charge in [0.05, 0.1) is 20.3 Å². The van der Waals surface area contributed by atoms with E-state index in [1.54, 1.807) is 14.2 Å². The Balaban J connectivity index is 1.76. The number of methoxy groups -OCH3 is 2. The first-order valence-corrected chi connectivity index (χ1v) is 9.25. The number of aromatic nitrogens is 2. The maximum Gasteiger partial charge on any atom is 0.222 e. The predicted octanol–water partition coefficient (Wildman–Crippen LogP) is 2.72. The van der Waals surface area contributed by atoms with Gasteiger partial charge in [-0.2, -0.15) is 0 Å². The molecule has 1 atom stereocenters. The second-order valence-electron chi connectivity index (χ2n) is 6.65. The predicted molar refractivity (Wildman–Crippen MR) is 104 cm³/mol. The molecule has 2 aromatic rings. The topological polar surface area (TPSA) is 68.7 Å². The SMILES string of the molecule is CNc1ncc(CN(Cc2ccc(OC)cc2OC)C[C@@H]2CCCO2)cn1. The zero-order chi connectivity index (χ0) is 19.1. The Morgan fingerprint density at radius 3 is 2.63 bits per heavy atom. The van der Waals surface area contributed by atoms with Crippen molar-refractivity contribution >= 4 is 5.95 Å². The van der Waals surface area contributed by atoms with E-state index >= 15 is 0 Å². The van der Waals surface area contributed by atoms with Crippen LogP contribution in [0.3, 0.4) is 0 Å². The second-order valence-corrected chi connectivity index (χ2v) is 6.65. The molecule has 1 saturated heterocycles. The van der Waals surface area contributed by atoms with Crippen LogP contribution in [0.5, 0.6) is 11.5 Å². The molecule has 1 aromatic heterocycles. The lowest BCUT2D eigenvalue weighted by molar-refractivity contribution is 0.0675. The first-order chi connectivity index (χ1) is 13.2. The molecular weight excluding hydrogens is 344 g/mol. The molecule has 7 nitrogen and oxygen atoms in total. The van der Waals surface area contributed by atoms with Crippen molar-refractivity contribution in [2.45, 2.75) is 32.0 Å². The van der Waals surface area contributed by atoms with Crippen molar-refractivity contribution < 1.29 is 14.2 Å². The molecule has 0 aliphatic carbocycles. The van der Waals surface area contributed by atoms with Gasteiger partial charge in [0.2, 0.25) is 5.95 Å². The number of benzene rings is 1. The van der Waals surface area contributed by atoms with Crippen LogP contribution in [0.25, 0.3) is 0 Å². The van der Waals surface area contributed by atoms with Crippen molar-refractivity contribution in [3.05, 3.63) is 41.7 Å². The summed E-state index contributed by atoms with van der Waals surface area (Å²) in [6.45, 7) is 3.22. The molecule has 0 amide bonds. The summed E-state index contributed by atoms with van der Waals surface area (Å²) in [7, 11) is 5.16. The third-order valence-corrected chi connectivity index (χ3v) is 4.71. The summed E-state index contributed by atoms with van der Waals surface area (Å²) >= 11 is 0. The van der Waals surface area contributed by atoms with Crippen LogP contribution in [0, 0.1) is 0 Å². The van der Waals surface area contributed by atoms with E-state index in [2.05, 4.69) is 26.3 Å². The van der Waals surface area contributed by atoms with E-state index in [1.807, 2.05) is 31.6 Å². The fourth-order valence-corrected chi connectivity index (χ4v) is 3.31. The Hall–Kier alpha value is -2.38. The van der Waals surface area contributed by atoms with Crippen LogP contribution in [0.1, 0.15) is 24.0 Å². The monoisotopic (exact) mass is 372 g/mol. The van der Waals surface area contributed by atoms with Gasteiger partial charge in [-0.3, -0.25) is 4.90 Å². The van der Waals surface area contributed by atoms with E-state index in [0.717, 1.165) is 61.7 Å². The molecule has 0 radical (unpaired) electrons. The molecule has 2 heterocycles. The van der Waals surface area contributed by atoms with E-state index in [1.165, 1.54) is 0 Å². The molecule has 0 spiro atoms. The second kappa shape index (κ2) is 9.53. The number of ether oxygens (including phenoxy) is 3. The minimum Gasteiger partial charge on any atom is -0.497 e. The maximum atomic E-state index is 5.85. The lowest BCUT2D eigenvalue weighted by Gasteiger charge is -2.26. The van der Waals surface area contributed by atoms with Crippen molar-refractivity contribution in [2.24, 2.45) is 0 Å². The molecule has 1 fully saturated rings. The summed E-state index contributed by atoms with van der Waals surface area (Å²) < 4.78 is 16.7. The third-order valence-electron chi connectivity index (χ3n) is 4.71. The highest BCUT2D eigenvalue weighted by atomic mass is 16.5. The number of rotatable bonds is 9. The quantitative estimate of drug-likeness (QED) is 0.726. The molecule has 0 saturated carbocycles. The molecule has 1 aromatic carbocycles. The van der Waals surface area contributed by atoms with Crippen LogP contribution in [0.15, 0.2) is 30.6 Å². The van der Waals surface area contributed by atoms with Gasteiger partial charge in [-0.15, -0.1) is 0 Å². The van der Waals surface area contributed by atoms with E-state index in [4.69, 9.17) is 14.2 Å². The number of anilines is 1. The minimum atomic E-state index is 0.270. The molecular formula is C20H28N4O3. The van der Waals surface area contributed by atoms with Gasteiger partial charge in [0.25, 0.3) is 0 Å². The van der Waals surface area contributed by atoms with Crippen LogP contribution in [-0.2, 0) is 17.8 Å². The molecule has 27 heavy (non-hydrogen) atoms. The average molecular weight is 372 g/mol. The zero-order valence-electron chi connectivity index (χ0n) is 16.3.